The van der Waals surface area contributed by atoms with E-state index in [1.165, 1.54) is 4.90 Å². The van der Waals surface area contributed by atoms with Crippen molar-refractivity contribution in [2.75, 3.05) is 27.2 Å². The Hall–Kier alpha value is -2.93. The first-order valence-corrected chi connectivity index (χ1v) is 10.9. The largest absolute Gasteiger partial charge is 0.550 e. The fourth-order valence-corrected chi connectivity index (χ4v) is 5.04. The normalized spacial score (nSPS) is 19.9. The summed E-state index contributed by atoms with van der Waals surface area (Å²) in [6.45, 7) is 2.52. The van der Waals surface area contributed by atoms with Crippen LogP contribution in [-0.4, -0.2) is 48.5 Å². The molecule has 2 aromatic rings. The van der Waals surface area contributed by atoms with Gasteiger partial charge in [-0.1, -0.05) is 24.3 Å². The van der Waals surface area contributed by atoms with E-state index in [0.29, 0.717) is 19.6 Å². The third-order valence-electron chi connectivity index (χ3n) is 6.35. The van der Waals surface area contributed by atoms with E-state index in [-0.39, 0.29) is 36.1 Å². The summed E-state index contributed by atoms with van der Waals surface area (Å²) in [5, 5.41) is 10.7. The van der Waals surface area contributed by atoms with Crippen LogP contribution in [0, 0.1) is 5.92 Å². The van der Waals surface area contributed by atoms with E-state index >= 15 is 0 Å². The van der Waals surface area contributed by atoms with Gasteiger partial charge in [0.25, 0.3) is 5.56 Å². The van der Waals surface area contributed by atoms with Crippen LogP contribution in [-0.2, 0) is 22.7 Å². The van der Waals surface area contributed by atoms with Crippen molar-refractivity contribution >= 4 is 11.9 Å². The van der Waals surface area contributed by atoms with E-state index in [2.05, 4.69) is 20.2 Å². The maximum Gasteiger partial charge on any atom is 0.258 e. The molecule has 2 aliphatic rings. The number of benzene rings is 1. The summed E-state index contributed by atoms with van der Waals surface area (Å²) in [6, 6.07) is 12.0. The van der Waals surface area contributed by atoms with Crippen molar-refractivity contribution in [1.29, 1.82) is 0 Å². The van der Waals surface area contributed by atoms with Gasteiger partial charge in [-0.05, 0) is 36.5 Å². The predicted molar refractivity (Wildman–Crippen MR) is 114 cm³/mol. The summed E-state index contributed by atoms with van der Waals surface area (Å²) in [7, 11) is 4.19. The fraction of sp³-hybridized carbons (Fsp3) is 0.458. The third kappa shape index (κ3) is 4.42. The number of carboxylic acids is 1. The summed E-state index contributed by atoms with van der Waals surface area (Å²) in [5.41, 5.74) is 3.87. The summed E-state index contributed by atoms with van der Waals surface area (Å²) in [5.74, 6) is -1.05. The molecule has 0 aliphatic carbocycles. The lowest BCUT2D eigenvalue weighted by Crippen LogP contribution is -3.04. The molecule has 1 aromatic carbocycles. The molecule has 164 valence electrons. The molecule has 4 rings (SSSR count). The average Bonchev–Trinajstić information content (AvgIpc) is 2.73. The molecule has 2 aliphatic heterocycles. The second kappa shape index (κ2) is 8.67. The molecule has 2 atom stereocenters. The minimum absolute atomic E-state index is 0.0296. The van der Waals surface area contributed by atoms with Crippen molar-refractivity contribution in [1.82, 2.24) is 9.47 Å². The molecule has 1 N–H and O–H groups in total. The van der Waals surface area contributed by atoms with Crippen LogP contribution in [0.5, 0.6) is 0 Å². The number of fused-ring (bicyclic) bond motifs is 4. The lowest BCUT2D eigenvalue weighted by atomic mass is 9.82. The molecule has 31 heavy (non-hydrogen) atoms. The average molecular weight is 424 g/mol. The molecule has 1 amide bonds. The van der Waals surface area contributed by atoms with Gasteiger partial charge in [0.1, 0.15) is 6.54 Å². The minimum atomic E-state index is -1.20. The van der Waals surface area contributed by atoms with Gasteiger partial charge in [-0.2, -0.15) is 0 Å². The van der Waals surface area contributed by atoms with Gasteiger partial charge < -0.3 is 24.3 Å². The van der Waals surface area contributed by atoms with Crippen LogP contribution in [0.15, 0.2) is 41.2 Å². The fourth-order valence-electron chi connectivity index (χ4n) is 5.04. The number of amides is 1. The Bertz CT molecular complexity index is 1060. The number of aromatic nitrogens is 1. The van der Waals surface area contributed by atoms with Crippen LogP contribution in [0.25, 0.3) is 11.1 Å². The van der Waals surface area contributed by atoms with Crippen LogP contribution < -0.4 is 15.6 Å². The van der Waals surface area contributed by atoms with Crippen LogP contribution in [0.1, 0.15) is 36.4 Å². The standard InChI is InChI=1S/C24H29N3O4/c1-25(2)14-17-5-3-4-6-19(17)20-7-8-21-18-11-16(13-27(21)24(20)31)12-26(15-18)22(28)9-10-23(29)30/h3-8,16,18H,9-15H2,1-2H3,(H,29,30)/t16-,18+/m0/s1. The number of nitrogens with zero attached hydrogens (tertiary/aromatic N) is 2. The van der Waals surface area contributed by atoms with Gasteiger partial charge in [-0.3, -0.25) is 9.59 Å². The lowest BCUT2D eigenvalue weighted by molar-refractivity contribution is -0.872. The summed E-state index contributed by atoms with van der Waals surface area (Å²) in [4.78, 5) is 39.7. The molecular formula is C24H29N3O4. The smallest absolute Gasteiger partial charge is 0.258 e. The predicted octanol–water partition coefficient (Wildman–Crippen LogP) is -0.364. The van der Waals surface area contributed by atoms with Crippen molar-refractivity contribution < 1.29 is 19.6 Å². The molecule has 0 spiro atoms. The van der Waals surface area contributed by atoms with Crippen LogP contribution in [0.4, 0.5) is 0 Å². The van der Waals surface area contributed by atoms with Gasteiger partial charge >= 0.3 is 0 Å². The van der Waals surface area contributed by atoms with Crippen LogP contribution in [0.3, 0.4) is 0 Å². The number of aliphatic carboxylic acids is 1. The zero-order valence-electron chi connectivity index (χ0n) is 18.1. The quantitative estimate of drug-likeness (QED) is 0.687. The summed E-state index contributed by atoms with van der Waals surface area (Å²) in [6.07, 6.45) is 0.667. The second-order valence-electron chi connectivity index (χ2n) is 9.10. The highest BCUT2D eigenvalue weighted by Crippen LogP contribution is 2.36. The SMILES string of the molecule is C[NH+](C)Cc1ccccc1-c1ccc2n(c1=O)C[C@H]1C[C@@H]2CN(C(=O)CCC(=O)[O-])C1. The monoisotopic (exact) mass is 423 g/mol. The Morgan fingerprint density at radius 2 is 1.81 bits per heavy atom. The first-order valence-electron chi connectivity index (χ1n) is 10.9. The summed E-state index contributed by atoms with van der Waals surface area (Å²) < 4.78 is 1.90. The van der Waals surface area contributed by atoms with Gasteiger partial charge in [0.2, 0.25) is 5.91 Å². The number of carbonyl (C=O) groups is 2. The zero-order chi connectivity index (χ0) is 22.1. The molecule has 7 heteroatoms. The number of pyridine rings is 1. The Labute approximate surface area is 181 Å². The van der Waals surface area contributed by atoms with Crippen molar-refractivity contribution in [2.24, 2.45) is 5.92 Å². The molecule has 1 saturated heterocycles. The second-order valence-corrected chi connectivity index (χ2v) is 9.10. The molecule has 0 unspecified atom stereocenters. The number of hydrogen-bond acceptors (Lipinski definition) is 4. The van der Waals surface area contributed by atoms with Crippen LogP contribution in [0.2, 0.25) is 0 Å². The Morgan fingerprint density at radius 1 is 1.03 bits per heavy atom. The minimum Gasteiger partial charge on any atom is -0.550 e. The van der Waals surface area contributed by atoms with E-state index in [4.69, 9.17) is 0 Å². The molecule has 3 heterocycles. The third-order valence-corrected chi connectivity index (χ3v) is 6.35. The molecular weight excluding hydrogens is 394 g/mol. The van der Waals surface area contributed by atoms with Crippen molar-refractivity contribution in [3.63, 3.8) is 0 Å². The summed E-state index contributed by atoms with van der Waals surface area (Å²) >= 11 is 0. The number of carboxylic acid groups (broad SMARTS) is 1. The molecule has 1 fully saturated rings. The molecule has 0 saturated carbocycles. The van der Waals surface area contributed by atoms with Crippen molar-refractivity contribution in [3.05, 3.63) is 58.0 Å². The highest BCUT2D eigenvalue weighted by molar-refractivity contribution is 5.80. The number of nitrogens with one attached hydrogen (secondary N) is 1. The molecule has 1 aromatic heterocycles. The first kappa shape index (κ1) is 21.3. The number of carbonyl (C=O) groups excluding carboxylic acids is 2. The van der Waals surface area contributed by atoms with Crippen LogP contribution >= 0.6 is 0 Å². The number of rotatable bonds is 6. The highest BCUT2D eigenvalue weighted by Gasteiger charge is 2.36. The van der Waals surface area contributed by atoms with Gasteiger partial charge in [0.15, 0.2) is 0 Å². The van der Waals surface area contributed by atoms with Gasteiger partial charge in [0.05, 0.1) is 14.1 Å². The number of piperidine rings is 1. The molecule has 2 bridgehead atoms. The van der Waals surface area contributed by atoms with Gasteiger partial charge in [-0.15, -0.1) is 0 Å². The van der Waals surface area contributed by atoms with Crippen molar-refractivity contribution in [3.8, 4) is 11.1 Å². The van der Waals surface area contributed by atoms with E-state index < -0.39 is 5.97 Å². The lowest BCUT2D eigenvalue weighted by Gasteiger charge is -2.43. The first-order chi connectivity index (χ1) is 14.8. The topological polar surface area (TPSA) is 86.9 Å². The van der Waals surface area contributed by atoms with Gasteiger partial charge in [0, 0.05) is 54.8 Å². The highest BCUT2D eigenvalue weighted by atomic mass is 16.4. The van der Waals surface area contributed by atoms with E-state index in [9.17, 15) is 19.5 Å². The van der Waals surface area contributed by atoms with E-state index in [1.807, 2.05) is 34.9 Å². The van der Waals surface area contributed by atoms with E-state index in [1.54, 1.807) is 4.90 Å². The Kier molecular flexibility index (Phi) is 5.96. The number of hydrogen-bond donors (Lipinski definition) is 1. The maximum atomic E-state index is 13.5. The number of likely N-dealkylation sites (tertiary alicyclic amines) is 1. The van der Waals surface area contributed by atoms with Gasteiger partial charge in [-0.25, -0.2) is 0 Å². The Morgan fingerprint density at radius 3 is 2.55 bits per heavy atom. The van der Waals surface area contributed by atoms with E-state index in [0.717, 1.165) is 35.3 Å². The molecule has 0 radical (unpaired) electrons. The van der Waals surface area contributed by atoms with Crippen molar-refractivity contribution in [2.45, 2.75) is 38.3 Å². The zero-order valence-corrected chi connectivity index (χ0v) is 18.1. The maximum absolute atomic E-state index is 13.5. The number of quaternary nitrogens is 1. The Balaban J connectivity index is 1.63. The molecule has 7 nitrogen and oxygen atoms in total.